The van der Waals surface area contributed by atoms with E-state index in [1.165, 1.54) is 0 Å². The van der Waals surface area contributed by atoms with Crippen LogP contribution in [0.4, 0.5) is 5.69 Å². The third kappa shape index (κ3) is 3.06. The molecule has 92 valence electrons. The van der Waals surface area contributed by atoms with E-state index in [2.05, 4.69) is 5.32 Å². The maximum Gasteiger partial charge on any atom is 0.255 e. The van der Waals surface area contributed by atoms with Crippen LogP contribution in [0.2, 0.25) is 5.02 Å². The number of rotatable bonds is 3. The number of thioether (sulfide) groups is 1. The molecule has 2 nitrogen and oxygen atoms in total. The zero-order chi connectivity index (χ0) is 13.0. The average molecular weight is 278 g/mol. The molecule has 0 bridgehead atoms. The van der Waals surface area contributed by atoms with Crippen LogP contribution in [0, 0.1) is 0 Å². The molecule has 0 saturated heterocycles. The lowest BCUT2D eigenvalue weighted by Crippen LogP contribution is -2.12. The van der Waals surface area contributed by atoms with Gasteiger partial charge in [0.2, 0.25) is 0 Å². The minimum Gasteiger partial charge on any atom is -0.321 e. The predicted octanol–water partition coefficient (Wildman–Crippen LogP) is 4.31. The van der Waals surface area contributed by atoms with Crippen LogP contribution in [0.1, 0.15) is 10.4 Å². The van der Waals surface area contributed by atoms with Crippen molar-refractivity contribution in [3.8, 4) is 0 Å². The summed E-state index contributed by atoms with van der Waals surface area (Å²) < 4.78 is 0. The van der Waals surface area contributed by atoms with Crippen molar-refractivity contribution >= 4 is 35.0 Å². The Morgan fingerprint density at radius 1 is 1.17 bits per heavy atom. The molecule has 0 aliphatic carbocycles. The summed E-state index contributed by atoms with van der Waals surface area (Å²) in [5.74, 6) is -0.154. The number of benzene rings is 2. The summed E-state index contributed by atoms with van der Waals surface area (Å²) in [4.78, 5) is 13.1. The Hall–Kier alpha value is -1.45. The van der Waals surface area contributed by atoms with E-state index in [0.29, 0.717) is 10.6 Å². The van der Waals surface area contributed by atoms with E-state index in [1.54, 1.807) is 36.0 Å². The molecule has 1 amide bonds. The van der Waals surface area contributed by atoms with Crippen LogP contribution >= 0.6 is 23.4 Å². The molecule has 0 fully saturated rings. The Morgan fingerprint density at radius 2 is 1.94 bits per heavy atom. The first kappa shape index (κ1) is 13.0. The molecule has 18 heavy (non-hydrogen) atoms. The van der Waals surface area contributed by atoms with Crippen LogP contribution in [0.15, 0.2) is 53.4 Å². The van der Waals surface area contributed by atoms with Crippen molar-refractivity contribution in [2.75, 3.05) is 11.6 Å². The fraction of sp³-hybridized carbons (Fsp3) is 0.0714. The molecular formula is C14H12ClNOS. The highest BCUT2D eigenvalue weighted by atomic mass is 35.5. The zero-order valence-corrected chi connectivity index (χ0v) is 11.4. The van der Waals surface area contributed by atoms with Gasteiger partial charge in [-0.15, -0.1) is 11.8 Å². The summed E-state index contributed by atoms with van der Waals surface area (Å²) in [6.07, 6.45) is 1.98. The van der Waals surface area contributed by atoms with Gasteiger partial charge in [0.05, 0.1) is 5.69 Å². The molecule has 1 N–H and O–H groups in total. The number of hydrogen-bond acceptors (Lipinski definition) is 2. The standard InChI is InChI=1S/C14H12ClNOS/c1-18-13-8-3-2-7-12(13)16-14(17)10-5-4-6-11(15)9-10/h2-9H,1H3,(H,16,17). The second kappa shape index (κ2) is 5.94. The smallest absolute Gasteiger partial charge is 0.255 e. The monoisotopic (exact) mass is 277 g/mol. The number of halogens is 1. The molecule has 0 spiro atoms. The van der Waals surface area contributed by atoms with Crippen molar-refractivity contribution in [3.63, 3.8) is 0 Å². The lowest BCUT2D eigenvalue weighted by Gasteiger charge is -2.09. The number of para-hydroxylation sites is 1. The van der Waals surface area contributed by atoms with E-state index in [1.807, 2.05) is 30.5 Å². The van der Waals surface area contributed by atoms with Crippen LogP contribution in [0.25, 0.3) is 0 Å². The van der Waals surface area contributed by atoms with Gasteiger partial charge in [-0.05, 0) is 36.6 Å². The van der Waals surface area contributed by atoms with Gasteiger partial charge >= 0.3 is 0 Å². The Bertz CT molecular complexity index is 571. The fourth-order valence-electron chi connectivity index (χ4n) is 1.57. The van der Waals surface area contributed by atoms with Crippen molar-refractivity contribution < 1.29 is 4.79 Å². The number of anilines is 1. The zero-order valence-electron chi connectivity index (χ0n) is 9.81. The first-order valence-corrected chi connectivity index (χ1v) is 7.01. The number of carbonyl (C=O) groups is 1. The molecule has 0 unspecified atom stereocenters. The molecule has 2 aromatic carbocycles. The van der Waals surface area contributed by atoms with E-state index in [-0.39, 0.29) is 5.91 Å². The van der Waals surface area contributed by atoms with Crippen LogP contribution in [-0.4, -0.2) is 12.2 Å². The Labute approximate surface area is 115 Å². The predicted molar refractivity (Wildman–Crippen MR) is 77.6 cm³/mol. The van der Waals surface area contributed by atoms with Gasteiger partial charge in [-0.3, -0.25) is 4.79 Å². The molecule has 4 heteroatoms. The highest BCUT2D eigenvalue weighted by Gasteiger charge is 2.08. The molecule has 0 atom stereocenters. The fourth-order valence-corrected chi connectivity index (χ4v) is 2.32. The Morgan fingerprint density at radius 3 is 2.67 bits per heavy atom. The third-order valence-corrected chi connectivity index (χ3v) is 3.47. The van der Waals surface area contributed by atoms with E-state index in [9.17, 15) is 4.79 Å². The number of nitrogens with one attached hydrogen (secondary N) is 1. The van der Waals surface area contributed by atoms with E-state index < -0.39 is 0 Å². The third-order valence-electron chi connectivity index (χ3n) is 2.44. The summed E-state index contributed by atoms with van der Waals surface area (Å²) in [6, 6.07) is 14.6. The van der Waals surface area contributed by atoms with Crippen LogP contribution in [-0.2, 0) is 0 Å². The van der Waals surface area contributed by atoms with E-state index in [4.69, 9.17) is 11.6 Å². The second-order valence-electron chi connectivity index (χ2n) is 3.66. The van der Waals surface area contributed by atoms with Crippen molar-refractivity contribution in [2.45, 2.75) is 4.90 Å². The largest absolute Gasteiger partial charge is 0.321 e. The van der Waals surface area contributed by atoms with Crippen LogP contribution in [0.5, 0.6) is 0 Å². The normalized spacial score (nSPS) is 10.1. The van der Waals surface area contributed by atoms with Gasteiger partial charge in [0.1, 0.15) is 0 Å². The minimum absolute atomic E-state index is 0.154. The highest BCUT2D eigenvalue weighted by molar-refractivity contribution is 7.98. The maximum absolute atomic E-state index is 12.1. The summed E-state index contributed by atoms with van der Waals surface area (Å²) in [7, 11) is 0. The molecule has 0 heterocycles. The van der Waals surface area contributed by atoms with Gasteiger partial charge in [0.25, 0.3) is 5.91 Å². The van der Waals surface area contributed by atoms with Gasteiger partial charge in [-0.2, -0.15) is 0 Å². The molecule has 0 saturated carbocycles. The molecule has 0 aliphatic heterocycles. The first-order valence-electron chi connectivity index (χ1n) is 5.40. The summed E-state index contributed by atoms with van der Waals surface area (Å²) in [5.41, 5.74) is 1.37. The second-order valence-corrected chi connectivity index (χ2v) is 4.95. The van der Waals surface area contributed by atoms with Crippen molar-refractivity contribution in [1.82, 2.24) is 0 Å². The summed E-state index contributed by atoms with van der Waals surface area (Å²) in [6.45, 7) is 0. The van der Waals surface area contributed by atoms with Gasteiger partial charge in [0.15, 0.2) is 0 Å². The lowest BCUT2D eigenvalue weighted by molar-refractivity contribution is 0.102. The van der Waals surface area contributed by atoms with Gasteiger partial charge < -0.3 is 5.32 Å². The van der Waals surface area contributed by atoms with Crippen molar-refractivity contribution in [1.29, 1.82) is 0 Å². The molecular weight excluding hydrogens is 266 g/mol. The Kier molecular flexibility index (Phi) is 4.28. The quantitative estimate of drug-likeness (QED) is 0.847. The minimum atomic E-state index is -0.154. The SMILES string of the molecule is CSc1ccccc1NC(=O)c1cccc(Cl)c1. The maximum atomic E-state index is 12.1. The lowest BCUT2D eigenvalue weighted by atomic mass is 10.2. The molecule has 0 aliphatic rings. The van der Waals surface area contributed by atoms with Crippen molar-refractivity contribution in [3.05, 3.63) is 59.1 Å². The van der Waals surface area contributed by atoms with Gasteiger partial charge in [0, 0.05) is 15.5 Å². The molecule has 2 rings (SSSR count). The van der Waals surface area contributed by atoms with E-state index >= 15 is 0 Å². The number of hydrogen-bond donors (Lipinski definition) is 1. The number of carbonyl (C=O) groups excluding carboxylic acids is 1. The Balaban J connectivity index is 2.21. The topological polar surface area (TPSA) is 29.1 Å². The van der Waals surface area contributed by atoms with Gasteiger partial charge in [-0.1, -0.05) is 29.8 Å². The first-order chi connectivity index (χ1) is 8.70. The van der Waals surface area contributed by atoms with Crippen LogP contribution in [0.3, 0.4) is 0 Å². The summed E-state index contributed by atoms with van der Waals surface area (Å²) in [5, 5.41) is 3.44. The van der Waals surface area contributed by atoms with Crippen molar-refractivity contribution in [2.24, 2.45) is 0 Å². The van der Waals surface area contributed by atoms with Gasteiger partial charge in [-0.25, -0.2) is 0 Å². The molecule has 0 radical (unpaired) electrons. The highest BCUT2D eigenvalue weighted by Crippen LogP contribution is 2.25. The molecule has 0 aromatic heterocycles. The summed E-state index contributed by atoms with van der Waals surface area (Å²) >= 11 is 7.46. The molecule has 2 aromatic rings. The van der Waals surface area contributed by atoms with E-state index in [0.717, 1.165) is 10.6 Å². The average Bonchev–Trinajstić information content (AvgIpc) is 2.39. The number of amides is 1. The van der Waals surface area contributed by atoms with Crippen LogP contribution < -0.4 is 5.32 Å².